The molecule has 1 aliphatic heterocycles. The number of carbonyl (C=O) groups is 3. The second-order valence-electron chi connectivity index (χ2n) is 7.87. The topological polar surface area (TPSA) is 87.7 Å². The molecule has 2 atom stereocenters. The first-order valence-corrected chi connectivity index (χ1v) is 10.5. The van der Waals surface area contributed by atoms with E-state index < -0.39 is 55.1 Å². The molecule has 3 rings (SSSR count). The summed E-state index contributed by atoms with van der Waals surface area (Å²) in [5, 5.41) is 4.29. The second-order valence-corrected chi connectivity index (χ2v) is 7.87. The van der Waals surface area contributed by atoms with Gasteiger partial charge in [0.2, 0.25) is 0 Å². The zero-order chi connectivity index (χ0) is 26.0. The van der Waals surface area contributed by atoms with Crippen molar-refractivity contribution in [1.29, 1.82) is 0 Å². The first kappa shape index (κ1) is 25.9. The van der Waals surface area contributed by atoms with E-state index in [0.29, 0.717) is 16.8 Å². The van der Waals surface area contributed by atoms with Gasteiger partial charge in [0.05, 0.1) is 5.69 Å². The average molecular weight is 499 g/mol. The predicted octanol–water partition coefficient (Wildman–Crippen LogP) is 4.19. The monoisotopic (exact) mass is 499 g/mol. The molecule has 0 spiro atoms. The van der Waals surface area contributed by atoms with Gasteiger partial charge in [-0.15, -0.1) is 0 Å². The Bertz CT molecular complexity index is 1120. The molecule has 1 aliphatic rings. The molecule has 1 unspecified atom stereocenters. The summed E-state index contributed by atoms with van der Waals surface area (Å²) in [6, 6.07) is 13.0. The Balaban J connectivity index is 1.68. The fourth-order valence-corrected chi connectivity index (χ4v) is 3.55. The van der Waals surface area contributed by atoms with Gasteiger partial charge < -0.3 is 20.3 Å². The summed E-state index contributed by atoms with van der Waals surface area (Å²) >= 11 is 0. The molecule has 3 amide bonds. The number of benzene rings is 2. The third-order valence-electron chi connectivity index (χ3n) is 5.47. The summed E-state index contributed by atoms with van der Waals surface area (Å²) < 4.78 is 67.3. The van der Waals surface area contributed by atoms with Gasteiger partial charge in [-0.2, -0.15) is 22.0 Å². The molecule has 0 fully saturated rings. The van der Waals surface area contributed by atoms with Crippen LogP contribution < -0.4 is 15.5 Å². The van der Waals surface area contributed by atoms with Crippen LogP contribution in [-0.2, 0) is 14.3 Å². The molecule has 35 heavy (non-hydrogen) atoms. The van der Waals surface area contributed by atoms with E-state index in [-0.39, 0.29) is 0 Å². The molecule has 1 heterocycles. The van der Waals surface area contributed by atoms with Crippen molar-refractivity contribution < 1.29 is 41.1 Å². The molecule has 0 saturated heterocycles. The summed E-state index contributed by atoms with van der Waals surface area (Å²) in [4.78, 5) is 39.1. The number of nitrogens with one attached hydrogen (secondary N) is 2. The van der Waals surface area contributed by atoms with Crippen molar-refractivity contribution in [2.75, 3.05) is 18.5 Å². The first-order valence-electron chi connectivity index (χ1n) is 10.5. The van der Waals surface area contributed by atoms with Crippen LogP contribution >= 0.6 is 0 Å². The Morgan fingerprint density at radius 3 is 2.29 bits per heavy atom. The third-order valence-corrected chi connectivity index (χ3v) is 5.47. The van der Waals surface area contributed by atoms with Crippen LogP contribution in [0.5, 0.6) is 0 Å². The number of alkyl halides is 5. The SMILES string of the molecule is C[C@H](OC(=O)NCCC(F)(F)C(F)(F)F)C(=O)NC1C(=O)N(C)c2ccccc2-c2ccccc21. The molecule has 2 N–H and O–H groups in total. The van der Waals surface area contributed by atoms with Gasteiger partial charge in [0.1, 0.15) is 6.04 Å². The van der Waals surface area contributed by atoms with Gasteiger partial charge in [-0.25, -0.2) is 4.79 Å². The van der Waals surface area contributed by atoms with Crippen molar-refractivity contribution in [3.05, 3.63) is 54.1 Å². The summed E-state index contributed by atoms with van der Waals surface area (Å²) in [5.74, 6) is -6.31. The number of rotatable bonds is 6. The minimum Gasteiger partial charge on any atom is -0.436 e. The highest BCUT2D eigenvalue weighted by Gasteiger charge is 2.56. The number of ether oxygens (including phenoxy) is 1. The number of nitrogens with zero attached hydrogens (tertiary/aromatic N) is 1. The molecule has 0 radical (unpaired) electrons. The lowest BCUT2D eigenvalue weighted by Gasteiger charge is -2.24. The zero-order valence-corrected chi connectivity index (χ0v) is 18.7. The maximum Gasteiger partial charge on any atom is 0.453 e. The number of likely N-dealkylation sites (N-methyl/N-ethyl adjacent to an activating group) is 1. The van der Waals surface area contributed by atoms with E-state index in [1.54, 1.807) is 48.8 Å². The van der Waals surface area contributed by atoms with Crippen LogP contribution in [-0.4, -0.2) is 49.7 Å². The number of fused-ring (bicyclic) bond motifs is 3. The van der Waals surface area contributed by atoms with Crippen LogP contribution in [0.3, 0.4) is 0 Å². The van der Waals surface area contributed by atoms with Crippen LogP contribution in [0.25, 0.3) is 11.1 Å². The quantitative estimate of drug-likeness (QED) is 0.584. The van der Waals surface area contributed by atoms with E-state index in [4.69, 9.17) is 4.74 Å². The average Bonchev–Trinajstić information content (AvgIpc) is 2.88. The first-order chi connectivity index (χ1) is 16.3. The van der Waals surface area contributed by atoms with Crippen LogP contribution in [0, 0.1) is 0 Å². The molecule has 0 saturated carbocycles. The number of alkyl carbamates (subject to hydrolysis) is 1. The number of hydrogen-bond acceptors (Lipinski definition) is 4. The normalized spacial score (nSPS) is 16.5. The highest BCUT2D eigenvalue weighted by Crippen LogP contribution is 2.39. The molecule has 7 nitrogen and oxygen atoms in total. The molecular weight excluding hydrogens is 477 g/mol. The van der Waals surface area contributed by atoms with Crippen LogP contribution in [0.2, 0.25) is 0 Å². The minimum atomic E-state index is -5.75. The zero-order valence-electron chi connectivity index (χ0n) is 18.7. The van der Waals surface area contributed by atoms with Crippen molar-refractivity contribution in [3.63, 3.8) is 0 Å². The molecule has 12 heteroatoms. The van der Waals surface area contributed by atoms with Crippen molar-refractivity contribution in [2.24, 2.45) is 0 Å². The third kappa shape index (κ3) is 5.52. The molecular formula is C23H22F5N3O4. The van der Waals surface area contributed by atoms with Crippen LogP contribution in [0.1, 0.15) is 24.9 Å². The standard InChI is InChI=1S/C23H22F5N3O4/c1-13(35-21(34)29-12-11-22(24,25)23(26,27)28)19(32)30-18-16-9-4-3-7-14(16)15-8-5-6-10-17(15)31(2)20(18)33/h3-10,13,18H,11-12H2,1-2H3,(H,29,34)(H,30,32)/t13-,18?/m0/s1. The van der Waals surface area contributed by atoms with Crippen LogP contribution in [0.4, 0.5) is 32.4 Å². The molecule has 0 bridgehead atoms. The van der Waals surface area contributed by atoms with Crippen molar-refractivity contribution >= 4 is 23.6 Å². The van der Waals surface area contributed by atoms with Crippen molar-refractivity contribution in [3.8, 4) is 11.1 Å². The van der Waals surface area contributed by atoms with Gasteiger partial charge in [-0.05, 0) is 24.1 Å². The van der Waals surface area contributed by atoms with Gasteiger partial charge >= 0.3 is 18.2 Å². The van der Waals surface area contributed by atoms with E-state index in [0.717, 1.165) is 5.56 Å². The van der Waals surface area contributed by atoms with Crippen molar-refractivity contribution in [2.45, 2.75) is 37.6 Å². The number of carbonyl (C=O) groups excluding carboxylic acids is 3. The Kier molecular flexibility index (Phi) is 7.32. The minimum absolute atomic E-state index is 0.457. The van der Waals surface area contributed by atoms with Gasteiger partial charge in [0, 0.05) is 25.6 Å². The van der Waals surface area contributed by atoms with E-state index in [1.807, 2.05) is 12.1 Å². The molecule has 0 aromatic heterocycles. The molecule has 188 valence electrons. The number of halogens is 5. The van der Waals surface area contributed by atoms with Gasteiger partial charge in [-0.3, -0.25) is 9.59 Å². The molecule has 2 aromatic rings. The number of hydrogen-bond donors (Lipinski definition) is 2. The highest BCUT2D eigenvalue weighted by molar-refractivity contribution is 6.06. The summed E-state index contributed by atoms with van der Waals surface area (Å²) in [7, 11) is 1.55. The lowest BCUT2D eigenvalue weighted by atomic mass is 9.95. The smallest absolute Gasteiger partial charge is 0.436 e. The van der Waals surface area contributed by atoms with E-state index in [2.05, 4.69) is 5.32 Å². The Labute approximate surface area is 197 Å². The maximum atomic E-state index is 13.2. The van der Waals surface area contributed by atoms with Gasteiger partial charge in [-0.1, -0.05) is 42.5 Å². The summed E-state index contributed by atoms with van der Waals surface area (Å²) in [6.45, 7) is 0.141. The molecule has 2 aromatic carbocycles. The Morgan fingerprint density at radius 1 is 1.03 bits per heavy atom. The fourth-order valence-electron chi connectivity index (χ4n) is 3.55. The molecule has 0 aliphatic carbocycles. The Hall–Kier alpha value is -3.70. The fraction of sp³-hybridized carbons (Fsp3) is 0.348. The number of anilines is 1. The summed E-state index contributed by atoms with van der Waals surface area (Å²) in [5.41, 5.74) is 2.62. The lowest BCUT2D eigenvalue weighted by Crippen LogP contribution is -2.45. The van der Waals surface area contributed by atoms with Crippen molar-refractivity contribution in [1.82, 2.24) is 10.6 Å². The maximum absolute atomic E-state index is 13.2. The van der Waals surface area contributed by atoms with E-state index >= 15 is 0 Å². The number of para-hydroxylation sites is 1. The van der Waals surface area contributed by atoms with E-state index in [1.165, 1.54) is 11.8 Å². The van der Waals surface area contributed by atoms with Gasteiger partial charge in [0.25, 0.3) is 11.8 Å². The summed E-state index contributed by atoms with van der Waals surface area (Å²) in [6.07, 6.45) is -10.3. The van der Waals surface area contributed by atoms with Crippen LogP contribution in [0.15, 0.2) is 48.5 Å². The number of amides is 3. The lowest BCUT2D eigenvalue weighted by molar-refractivity contribution is -0.283. The highest BCUT2D eigenvalue weighted by atomic mass is 19.4. The predicted molar refractivity (Wildman–Crippen MR) is 116 cm³/mol. The Morgan fingerprint density at radius 2 is 1.63 bits per heavy atom. The van der Waals surface area contributed by atoms with E-state index in [9.17, 15) is 36.3 Å². The largest absolute Gasteiger partial charge is 0.453 e. The second kappa shape index (κ2) is 9.88. The van der Waals surface area contributed by atoms with Gasteiger partial charge in [0.15, 0.2) is 6.10 Å².